The summed E-state index contributed by atoms with van der Waals surface area (Å²) < 4.78 is 4.56. The van der Waals surface area contributed by atoms with E-state index in [9.17, 15) is 24.6 Å². The van der Waals surface area contributed by atoms with Gasteiger partial charge in [0.2, 0.25) is 6.10 Å². The number of carboxylic acid groups (broad SMARTS) is 2. The topological polar surface area (TPSA) is 162 Å². The van der Waals surface area contributed by atoms with Gasteiger partial charge in [-0.1, -0.05) is 18.2 Å². The van der Waals surface area contributed by atoms with Crippen LogP contribution < -0.4 is 0 Å². The van der Waals surface area contributed by atoms with E-state index in [0.717, 1.165) is 0 Å². The minimum absolute atomic E-state index is 0.00535. The van der Waals surface area contributed by atoms with Gasteiger partial charge in [0.15, 0.2) is 6.10 Å². The summed E-state index contributed by atoms with van der Waals surface area (Å²) in [6, 6.07) is 7.25. The summed E-state index contributed by atoms with van der Waals surface area (Å²) in [7, 11) is 0. The van der Waals surface area contributed by atoms with Crippen molar-refractivity contribution < 1.29 is 44.7 Å². The van der Waals surface area contributed by atoms with Crippen molar-refractivity contribution in [3.8, 4) is 0 Å². The minimum atomic E-state index is -2.44. The van der Waals surface area contributed by atoms with Gasteiger partial charge in [0.25, 0.3) is 0 Å². The summed E-state index contributed by atoms with van der Waals surface area (Å²) in [6.07, 6.45) is -9.39. The number of benzene rings is 1. The zero-order valence-electron chi connectivity index (χ0n) is 11.1. The Bertz CT molecular complexity index is 542. The third-order valence-electron chi connectivity index (χ3n) is 2.72. The monoisotopic (exact) mass is 314 g/mol. The molecule has 0 saturated carbocycles. The molecule has 0 spiro atoms. The highest BCUT2D eigenvalue weighted by atomic mass is 16.6. The van der Waals surface area contributed by atoms with E-state index < -0.39 is 42.3 Å². The van der Waals surface area contributed by atoms with Crippen LogP contribution in [0.4, 0.5) is 0 Å². The molecule has 1 aromatic rings. The highest BCUT2D eigenvalue weighted by Crippen LogP contribution is 2.12. The fourth-order valence-electron chi connectivity index (χ4n) is 1.54. The van der Waals surface area contributed by atoms with E-state index in [2.05, 4.69) is 4.74 Å². The van der Waals surface area contributed by atoms with E-state index in [1.165, 1.54) is 24.3 Å². The molecule has 9 nitrogen and oxygen atoms in total. The lowest BCUT2D eigenvalue weighted by Crippen LogP contribution is -2.51. The fraction of sp³-hybridized carbons (Fsp3) is 0.308. The van der Waals surface area contributed by atoms with Gasteiger partial charge in [-0.05, 0) is 12.1 Å². The van der Waals surface area contributed by atoms with Crippen LogP contribution in [0.5, 0.6) is 0 Å². The van der Waals surface area contributed by atoms with Crippen molar-refractivity contribution in [2.45, 2.75) is 24.4 Å². The van der Waals surface area contributed by atoms with Crippen LogP contribution in [0.3, 0.4) is 0 Å². The second-order valence-corrected chi connectivity index (χ2v) is 4.29. The second-order valence-electron chi connectivity index (χ2n) is 4.29. The van der Waals surface area contributed by atoms with Crippen LogP contribution in [0.15, 0.2) is 30.3 Å². The predicted octanol–water partition coefficient (Wildman–Crippen LogP) is -1.54. The first-order valence-electron chi connectivity index (χ1n) is 6.01. The number of rotatable bonds is 7. The molecule has 4 atom stereocenters. The van der Waals surface area contributed by atoms with Gasteiger partial charge in [-0.2, -0.15) is 0 Å². The van der Waals surface area contributed by atoms with Crippen molar-refractivity contribution in [2.75, 3.05) is 0 Å². The van der Waals surface area contributed by atoms with Gasteiger partial charge in [0, 0.05) is 0 Å². The van der Waals surface area contributed by atoms with E-state index in [4.69, 9.17) is 15.3 Å². The number of carbonyl (C=O) groups excluding carboxylic acids is 1. The number of aliphatic hydroxyl groups excluding tert-OH is 3. The molecule has 120 valence electrons. The van der Waals surface area contributed by atoms with Crippen molar-refractivity contribution in [3.63, 3.8) is 0 Å². The third-order valence-corrected chi connectivity index (χ3v) is 2.72. The summed E-state index contributed by atoms with van der Waals surface area (Å²) in [5.41, 5.74) is -0.00535. The first-order valence-corrected chi connectivity index (χ1v) is 6.01. The first-order chi connectivity index (χ1) is 10.3. The summed E-state index contributed by atoms with van der Waals surface area (Å²) in [5, 5.41) is 45.6. The lowest BCUT2D eigenvalue weighted by Gasteiger charge is -2.25. The SMILES string of the molecule is O=C(O[C@@H](C(=O)O)[C@@H](O)[C@H](O)[C@H](O)C(=O)O)c1ccccc1. The van der Waals surface area contributed by atoms with Gasteiger partial charge < -0.3 is 30.3 Å². The molecule has 22 heavy (non-hydrogen) atoms. The first kappa shape index (κ1) is 17.6. The average Bonchev–Trinajstić information content (AvgIpc) is 2.50. The largest absolute Gasteiger partial charge is 0.479 e. The molecule has 0 heterocycles. The molecule has 0 aliphatic carbocycles. The Morgan fingerprint density at radius 3 is 1.86 bits per heavy atom. The van der Waals surface area contributed by atoms with Gasteiger partial charge in [0.05, 0.1) is 5.56 Å². The molecule has 0 aromatic heterocycles. The molecule has 0 radical (unpaired) electrons. The molecule has 5 N–H and O–H groups in total. The van der Waals surface area contributed by atoms with Gasteiger partial charge in [0.1, 0.15) is 12.2 Å². The fourth-order valence-corrected chi connectivity index (χ4v) is 1.54. The highest BCUT2D eigenvalue weighted by Gasteiger charge is 2.40. The van der Waals surface area contributed by atoms with E-state index in [1.54, 1.807) is 6.07 Å². The van der Waals surface area contributed by atoms with Crippen molar-refractivity contribution in [1.82, 2.24) is 0 Å². The van der Waals surface area contributed by atoms with Gasteiger partial charge in [-0.25, -0.2) is 14.4 Å². The number of hydrogen-bond acceptors (Lipinski definition) is 7. The number of aliphatic carboxylic acids is 2. The number of carbonyl (C=O) groups is 3. The van der Waals surface area contributed by atoms with E-state index in [0.29, 0.717) is 0 Å². The maximum absolute atomic E-state index is 11.7. The Labute approximate surface area is 124 Å². The molecular formula is C13H14O9. The quantitative estimate of drug-likeness (QED) is 0.375. The van der Waals surface area contributed by atoms with E-state index in [1.807, 2.05) is 0 Å². The normalized spacial score (nSPS) is 16.1. The van der Waals surface area contributed by atoms with Crippen LogP contribution in [-0.2, 0) is 14.3 Å². The molecule has 0 aliphatic rings. The lowest BCUT2D eigenvalue weighted by molar-refractivity contribution is -0.173. The molecular weight excluding hydrogens is 300 g/mol. The van der Waals surface area contributed by atoms with E-state index >= 15 is 0 Å². The molecule has 0 aliphatic heterocycles. The van der Waals surface area contributed by atoms with Crippen LogP contribution in [0, 0.1) is 0 Å². The zero-order valence-corrected chi connectivity index (χ0v) is 11.1. The lowest BCUT2D eigenvalue weighted by atomic mass is 10.0. The molecule has 0 fully saturated rings. The molecule has 9 heteroatoms. The highest BCUT2D eigenvalue weighted by molar-refractivity contribution is 5.91. The van der Waals surface area contributed by atoms with Gasteiger partial charge >= 0.3 is 17.9 Å². The Kier molecular flexibility index (Phi) is 5.99. The average molecular weight is 314 g/mol. The molecule has 0 unspecified atom stereocenters. The number of ether oxygens (including phenoxy) is 1. The number of aliphatic hydroxyl groups is 3. The number of esters is 1. The number of carboxylic acids is 2. The Hall–Kier alpha value is -2.49. The third kappa shape index (κ3) is 4.25. The molecule has 1 aromatic carbocycles. The van der Waals surface area contributed by atoms with Crippen LogP contribution in [0.1, 0.15) is 10.4 Å². The Balaban J connectivity index is 2.88. The van der Waals surface area contributed by atoms with Crippen molar-refractivity contribution in [2.24, 2.45) is 0 Å². The second kappa shape index (κ2) is 7.50. The van der Waals surface area contributed by atoms with Crippen molar-refractivity contribution in [3.05, 3.63) is 35.9 Å². The maximum Gasteiger partial charge on any atom is 0.347 e. The van der Waals surface area contributed by atoms with Gasteiger partial charge in [-0.15, -0.1) is 0 Å². The minimum Gasteiger partial charge on any atom is -0.479 e. The predicted molar refractivity (Wildman–Crippen MR) is 68.9 cm³/mol. The Morgan fingerprint density at radius 2 is 1.41 bits per heavy atom. The molecule has 0 saturated heterocycles. The van der Waals surface area contributed by atoms with Crippen LogP contribution in [-0.4, -0.2) is 67.9 Å². The smallest absolute Gasteiger partial charge is 0.347 e. The number of hydrogen-bond donors (Lipinski definition) is 5. The standard InChI is InChI=1S/C13H14O9/c14-7(9(16)11(17)18)8(15)10(12(19)20)22-13(21)6-4-2-1-3-5-6/h1-5,7-10,14-16H,(H,17,18)(H,19,20)/t7-,8-,9-,10+/m0/s1. The molecule has 0 amide bonds. The summed E-state index contributed by atoms with van der Waals surface area (Å²) in [4.78, 5) is 33.3. The Morgan fingerprint density at radius 1 is 0.864 bits per heavy atom. The van der Waals surface area contributed by atoms with Crippen LogP contribution in [0.2, 0.25) is 0 Å². The van der Waals surface area contributed by atoms with E-state index in [-0.39, 0.29) is 5.56 Å². The van der Waals surface area contributed by atoms with Crippen molar-refractivity contribution in [1.29, 1.82) is 0 Å². The molecule has 0 bridgehead atoms. The molecule has 1 rings (SSSR count). The summed E-state index contributed by atoms with van der Waals surface area (Å²) in [5.74, 6) is -4.78. The summed E-state index contributed by atoms with van der Waals surface area (Å²) in [6.45, 7) is 0. The zero-order chi connectivity index (χ0) is 16.9. The van der Waals surface area contributed by atoms with Crippen LogP contribution in [0.25, 0.3) is 0 Å². The van der Waals surface area contributed by atoms with Crippen molar-refractivity contribution >= 4 is 17.9 Å². The summed E-state index contributed by atoms with van der Waals surface area (Å²) >= 11 is 0. The van der Waals surface area contributed by atoms with Gasteiger partial charge in [-0.3, -0.25) is 0 Å². The maximum atomic E-state index is 11.7. The van der Waals surface area contributed by atoms with Crippen LogP contribution >= 0.6 is 0 Å².